The summed E-state index contributed by atoms with van der Waals surface area (Å²) in [7, 11) is 0. The lowest BCUT2D eigenvalue weighted by Gasteiger charge is -2.31. The number of rotatable bonds is 1. The van der Waals surface area contributed by atoms with E-state index in [1.807, 2.05) is 17.1 Å². The lowest BCUT2D eigenvalue weighted by Crippen LogP contribution is -2.47. The average Bonchev–Trinajstić information content (AvgIpc) is 2.49. The Kier molecular flexibility index (Phi) is 3.67. The van der Waals surface area contributed by atoms with Crippen molar-refractivity contribution in [1.29, 1.82) is 0 Å². The fourth-order valence-corrected chi connectivity index (χ4v) is 2.51. The molecule has 0 spiro atoms. The Morgan fingerprint density at radius 2 is 1.80 bits per heavy atom. The summed E-state index contributed by atoms with van der Waals surface area (Å²) >= 11 is 5.47. The summed E-state index contributed by atoms with van der Waals surface area (Å²) in [5.74, 6) is 0. The molecule has 2 aromatic carbocycles. The van der Waals surface area contributed by atoms with Gasteiger partial charge in [-0.1, -0.05) is 42.0 Å². The van der Waals surface area contributed by atoms with Crippen molar-refractivity contribution in [3.05, 3.63) is 65.2 Å². The maximum atomic E-state index is 5.47. The summed E-state index contributed by atoms with van der Waals surface area (Å²) < 4.78 is 0. The number of hydrogen-bond donors (Lipinski definition) is 2. The van der Waals surface area contributed by atoms with Gasteiger partial charge in [0.1, 0.15) is 0 Å². The zero-order chi connectivity index (χ0) is 13.9. The number of fused-ring (bicyclic) bond motifs is 1. The minimum Gasteiger partial charge on any atom is -0.332 e. The van der Waals surface area contributed by atoms with Gasteiger partial charge in [-0.05, 0) is 42.4 Å². The largest absolute Gasteiger partial charge is 0.332 e. The minimum absolute atomic E-state index is 0.698. The molecular weight excluding hydrogens is 266 g/mol. The summed E-state index contributed by atoms with van der Waals surface area (Å²) in [6.45, 7) is 3.67. The number of thiocarbonyl (C=S) groups is 1. The van der Waals surface area contributed by atoms with Crippen molar-refractivity contribution in [3.8, 4) is 0 Å². The molecule has 0 amide bonds. The third-order valence-corrected chi connectivity index (χ3v) is 3.78. The van der Waals surface area contributed by atoms with E-state index in [9.17, 15) is 0 Å². The molecule has 1 heterocycles. The Bertz CT molecular complexity index is 622. The third kappa shape index (κ3) is 2.81. The van der Waals surface area contributed by atoms with Gasteiger partial charge in [-0.15, -0.1) is 0 Å². The van der Waals surface area contributed by atoms with Crippen LogP contribution in [0.3, 0.4) is 0 Å². The molecule has 1 aliphatic rings. The second-order valence-corrected chi connectivity index (χ2v) is 5.37. The van der Waals surface area contributed by atoms with E-state index in [4.69, 9.17) is 12.2 Å². The van der Waals surface area contributed by atoms with Crippen LogP contribution in [0.5, 0.6) is 0 Å². The highest BCUT2D eigenvalue weighted by Crippen LogP contribution is 2.17. The monoisotopic (exact) mass is 283 g/mol. The topological polar surface area (TPSA) is 27.3 Å². The quantitative estimate of drug-likeness (QED) is 0.786. The number of nitrogens with one attached hydrogen (secondary N) is 2. The molecule has 0 atom stereocenters. The molecule has 0 saturated carbocycles. The summed E-state index contributed by atoms with van der Waals surface area (Å²) in [5.41, 5.74) is 8.25. The van der Waals surface area contributed by atoms with Crippen LogP contribution in [0, 0.1) is 6.92 Å². The molecule has 0 aromatic heterocycles. The van der Waals surface area contributed by atoms with Crippen LogP contribution in [0.1, 0.15) is 16.7 Å². The van der Waals surface area contributed by atoms with Gasteiger partial charge >= 0.3 is 0 Å². The van der Waals surface area contributed by atoms with E-state index in [2.05, 4.69) is 54.1 Å². The van der Waals surface area contributed by atoms with E-state index in [-0.39, 0.29) is 0 Å². The Hall–Kier alpha value is -1.91. The molecule has 102 valence electrons. The molecule has 0 saturated heterocycles. The van der Waals surface area contributed by atoms with Gasteiger partial charge in [-0.2, -0.15) is 0 Å². The Morgan fingerprint density at radius 1 is 1.10 bits per heavy atom. The maximum absolute atomic E-state index is 5.47. The van der Waals surface area contributed by atoms with Crippen molar-refractivity contribution in [2.45, 2.75) is 20.0 Å². The minimum atomic E-state index is 0.698. The van der Waals surface area contributed by atoms with Crippen molar-refractivity contribution in [1.82, 2.24) is 10.4 Å². The first-order chi connectivity index (χ1) is 9.72. The lowest BCUT2D eigenvalue weighted by atomic mass is 10.1. The predicted molar refractivity (Wildman–Crippen MR) is 86.2 cm³/mol. The number of hydrogen-bond acceptors (Lipinski definition) is 2. The van der Waals surface area contributed by atoms with E-state index in [1.165, 1.54) is 16.7 Å². The lowest BCUT2D eigenvalue weighted by molar-refractivity contribution is 0.279. The van der Waals surface area contributed by atoms with Crippen LogP contribution in [0.15, 0.2) is 48.5 Å². The zero-order valence-electron chi connectivity index (χ0n) is 11.4. The molecule has 3 rings (SSSR count). The van der Waals surface area contributed by atoms with Crippen LogP contribution in [-0.4, -0.2) is 10.1 Å². The van der Waals surface area contributed by atoms with Gasteiger partial charge in [-0.3, -0.25) is 5.01 Å². The van der Waals surface area contributed by atoms with Crippen molar-refractivity contribution >= 4 is 23.0 Å². The maximum Gasteiger partial charge on any atom is 0.188 e. The van der Waals surface area contributed by atoms with Crippen molar-refractivity contribution in [2.24, 2.45) is 0 Å². The summed E-state index contributed by atoms with van der Waals surface area (Å²) in [4.78, 5) is 0. The molecule has 2 N–H and O–H groups in total. The fourth-order valence-electron chi connectivity index (χ4n) is 2.26. The highest BCUT2D eigenvalue weighted by molar-refractivity contribution is 7.80. The highest BCUT2D eigenvalue weighted by atomic mass is 32.1. The van der Waals surface area contributed by atoms with E-state index in [0.717, 1.165) is 18.8 Å². The zero-order valence-corrected chi connectivity index (χ0v) is 12.2. The molecular formula is C16H17N3S. The van der Waals surface area contributed by atoms with Gasteiger partial charge < -0.3 is 5.32 Å². The van der Waals surface area contributed by atoms with Crippen molar-refractivity contribution in [2.75, 3.05) is 5.32 Å². The van der Waals surface area contributed by atoms with E-state index < -0.39 is 0 Å². The van der Waals surface area contributed by atoms with Gasteiger partial charge in [-0.25, -0.2) is 5.43 Å². The number of nitrogens with zero attached hydrogens (tertiary/aromatic N) is 1. The number of benzene rings is 2. The molecule has 4 heteroatoms. The van der Waals surface area contributed by atoms with Gasteiger partial charge in [0, 0.05) is 12.2 Å². The summed E-state index contributed by atoms with van der Waals surface area (Å²) in [6.07, 6.45) is 0. The van der Waals surface area contributed by atoms with Gasteiger partial charge in [0.15, 0.2) is 5.11 Å². The fraction of sp³-hybridized carbons (Fsp3) is 0.188. The standard InChI is InChI=1S/C16H17N3S/c1-12-6-8-15(9-7-12)18-16(20)19-11-14-5-3-2-4-13(14)10-17-19/h2-9,17H,10-11H2,1H3,(H,18,20). The van der Waals surface area contributed by atoms with Crippen LogP contribution in [0.4, 0.5) is 5.69 Å². The molecule has 1 aliphatic heterocycles. The molecule has 0 radical (unpaired) electrons. The molecule has 20 heavy (non-hydrogen) atoms. The van der Waals surface area contributed by atoms with Gasteiger partial charge in [0.05, 0.1) is 6.54 Å². The highest BCUT2D eigenvalue weighted by Gasteiger charge is 2.17. The first-order valence-corrected chi connectivity index (χ1v) is 7.09. The Labute approximate surface area is 124 Å². The van der Waals surface area contributed by atoms with E-state index in [1.54, 1.807) is 0 Å². The molecule has 2 aromatic rings. The summed E-state index contributed by atoms with van der Waals surface area (Å²) in [6, 6.07) is 16.7. The number of aryl methyl sites for hydroxylation is 1. The smallest absolute Gasteiger partial charge is 0.188 e. The molecule has 3 nitrogen and oxygen atoms in total. The van der Waals surface area contributed by atoms with Crippen molar-refractivity contribution < 1.29 is 0 Å². The van der Waals surface area contributed by atoms with Gasteiger partial charge in [0.2, 0.25) is 0 Å². The second-order valence-electron chi connectivity index (χ2n) is 4.99. The van der Waals surface area contributed by atoms with Crippen LogP contribution in [0.2, 0.25) is 0 Å². The normalized spacial score (nSPS) is 13.8. The molecule has 0 bridgehead atoms. The van der Waals surface area contributed by atoms with Gasteiger partial charge in [0.25, 0.3) is 0 Å². The van der Waals surface area contributed by atoms with E-state index in [0.29, 0.717) is 5.11 Å². The van der Waals surface area contributed by atoms with Crippen molar-refractivity contribution in [3.63, 3.8) is 0 Å². The molecule has 0 aliphatic carbocycles. The molecule has 0 unspecified atom stereocenters. The number of hydrazine groups is 1. The van der Waals surface area contributed by atoms with E-state index >= 15 is 0 Å². The number of anilines is 1. The van der Waals surface area contributed by atoms with Crippen LogP contribution in [0.25, 0.3) is 0 Å². The van der Waals surface area contributed by atoms with Crippen LogP contribution in [-0.2, 0) is 13.1 Å². The SMILES string of the molecule is Cc1ccc(NC(=S)N2Cc3ccccc3CN2)cc1. The second kappa shape index (κ2) is 5.61. The third-order valence-electron chi connectivity index (χ3n) is 3.46. The Morgan fingerprint density at radius 3 is 2.55 bits per heavy atom. The Balaban J connectivity index is 1.68. The first kappa shape index (κ1) is 13.1. The predicted octanol–water partition coefficient (Wildman–Crippen LogP) is 3.21. The first-order valence-electron chi connectivity index (χ1n) is 6.68. The van der Waals surface area contributed by atoms with Crippen LogP contribution >= 0.6 is 12.2 Å². The average molecular weight is 283 g/mol. The molecule has 0 fully saturated rings. The van der Waals surface area contributed by atoms with Crippen LogP contribution < -0.4 is 10.7 Å². The summed E-state index contributed by atoms with van der Waals surface area (Å²) in [5, 5.41) is 5.95.